The maximum Gasteiger partial charge on any atom is 0.230 e. The Labute approximate surface area is 116 Å². The van der Waals surface area contributed by atoms with Gasteiger partial charge in [0.15, 0.2) is 11.6 Å². The minimum Gasteiger partial charge on any atom is -0.494 e. The largest absolute Gasteiger partial charge is 0.494 e. The zero-order valence-corrected chi connectivity index (χ0v) is 11.2. The van der Waals surface area contributed by atoms with Gasteiger partial charge in [0.25, 0.3) is 0 Å². The van der Waals surface area contributed by atoms with Crippen LogP contribution in [0.4, 0.5) is 4.39 Å². The van der Waals surface area contributed by atoms with Gasteiger partial charge in [-0.3, -0.25) is 0 Å². The number of nitrogens with one attached hydrogen (secondary N) is 1. The third-order valence-electron chi connectivity index (χ3n) is 3.54. The van der Waals surface area contributed by atoms with Crippen molar-refractivity contribution in [1.29, 1.82) is 0 Å². The molecule has 1 aliphatic rings. The van der Waals surface area contributed by atoms with Crippen LogP contribution in [0.15, 0.2) is 22.7 Å². The Bertz CT molecular complexity index is 594. The van der Waals surface area contributed by atoms with Crippen LogP contribution in [0.25, 0.3) is 11.4 Å². The molecule has 1 aliphatic heterocycles. The highest BCUT2D eigenvalue weighted by molar-refractivity contribution is 5.57. The maximum atomic E-state index is 13.4. The number of nitrogens with zero attached hydrogens (tertiary/aromatic N) is 2. The first-order chi connectivity index (χ1) is 9.78. The van der Waals surface area contributed by atoms with Crippen molar-refractivity contribution >= 4 is 0 Å². The molecule has 1 N–H and O–H groups in total. The molecule has 2 aromatic rings. The van der Waals surface area contributed by atoms with Crippen molar-refractivity contribution in [1.82, 2.24) is 15.5 Å². The van der Waals surface area contributed by atoms with Crippen LogP contribution in [0.3, 0.4) is 0 Å². The van der Waals surface area contributed by atoms with Gasteiger partial charge in [0.05, 0.1) is 7.11 Å². The molecule has 5 nitrogen and oxygen atoms in total. The van der Waals surface area contributed by atoms with Gasteiger partial charge in [-0.05, 0) is 44.1 Å². The quantitative estimate of drug-likeness (QED) is 0.933. The smallest absolute Gasteiger partial charge is 0.230 e. The van der Waals surface area contributed by atoms with E-state index in [4.69, 9.17) is 9.26 Å². The topological polar surface area (TPSA) is 60.2 Å². The Morgan fingerprint density at radius 2 is 2.15 bits per heavy atom. The standard InChI is InChI=1S/C14H16FN3O2/c1-19-12-8-10(2-3-11(12)15)13-17-14(20-18-13)9-4-6-16-7-5-9/h2-3,8-9,16H,4-7H2,1H3. The van der Waals surface area contributed by atoms with Gasteiger partial charge in [0, 0.05) is 11.5 Å². The molecule has 0 atom stereocenters. The van der Waals surface area contributed by atoms with E-state index in [1.54, 1.807) is 12.1 Å². The van der Waals surface area contributed by atoms with Crippen LogP contribution < -0.4 is 10.1 Å². The first kappa shape index (κ1) is 13.1. The zero-order chi connectivity index (χ0) is 13.9. The van der Waals surface area contributed by atoms with Crippen molar-refractivity contribution in [3.05, 3.63) is 29.9 Å². The molecule has 0 amide bonds. The molecule has 6 heteroatoms. The Morgan fingerprint density at radius 1 is 1.35 bits per heavy atom. The molecule has 0 spiro atoms. The summed E-state index contributed by atoms with van der Waals surface area (Å²) < 4.78 is 23.7. The van der Waals surface area contributed by atoms with Gasteiger partial charge in [0.2, 0.25) is 11.7 Å². The number of piperidine rings is 1. The zero-order valence-electron chi connectivity index (χ0n) is 11.2. The van der Waals surface area contributed by atoms with E-state index in [9.17, 15) is 4.39 Å². The van der Waals surface area contributed by atoms with E-state index in [0.29, 0.717) is 23.2 Å². The average molecular weight is 277 g/mol. The number of halogens is 1. The van der Waals surface area contributed by atoms with Crippen molar-refractivity contribution in [3.8, 4) is 17.1 Å². The van der Waals surface area contributed by atoms with Gasteiger partial charge in [-0.1, -0.05) is 5.16 Å². The van der Waals surface area contributed by atoms with E-state index in [-0.39, 0.29) is 5.75 Å². The molecular weight excluding hydrogens is 261 g/mol. The molecule has 2 heterocycles. The van der Waals surface area contributed by atoms with Crippen molar-refractivity contribution < 1.29 is 13.7 Å². The van der Waals surface area contributed by atoms with Crippen LogP contribution in [-0.2, 0) is 0 Å². The second-order valence-corrected chi connectivity index (χ2v) is 4.83. The summed E-state index contributed by atoms with van der Waals surface area (Å²) in [5, 5.41) is 7.28. The lowest BCUT2D eigenvalue weighted by Crippen LogP contribution is -2.26. The highest BCUT2D eigenvalue weighted by Crippen LogP contribution is 2.28. The fourth-order valence-corrected chi connectivity index (χ4v) is 2.39. The molecule has 106 valence electrons. The molecule has 1 saturated heterocycles. The normalized spacial score (nSPS) is 16.3. The summed E-state index contributed by atoms with van der Waals surface area (Å²) in [6.07, 6.45) is 1.99. The number of aromatic nitrogens is 2. The lowest BCUT2D eigenvalue weighted by atomic mass is 9.98. The number of benzene rings is 1. The molecule has 20 heavy (non-hydrogen) atoms. The van der Waals surface area contributed by atoms with E-state index in [1.807, 2.05) is 0 Å². The van der Waals surface area contributed by atoms with E-state index in [2.05, 4.69) is 15.5 Å². The predicted molar refractivity (Wildman–Crippen MR) is 71.1 cm³/mol. The van der Waals surface area contributed by atoms with Crippen LogP contribution >= 0.6 is 0 Å². The Kier molecular flexibility index (Phi) is 3.64. The molecule has 1 aromatic heterocycles. The number of ether oxygens (including phenoxy) is 1. The summed E-state index contributed by atoms with van der Waals surface area (Å²) in [5.41, 5.74) is 0.687. The van der Waals surface area contributed by atoms with Crippen molar-refractivity contribution in [2.45, 2.75) is 18.8 Å². The number of methoxy groups -OCH3 is 1. The molecule has 0 unspecified atom stereocenters. The van der Waals surface area contributed by atoms with E-state index in [0.717, 1.165) is 25.9 Å². The fraction of sp³-hybridized carbons (Fsp3) is 0.429. The lowest BCUT2D eigenvalue weighted by Gasteiger charge is -2.18. The molecule has 3 rings (SSSR count). The average Bonchev–Trinajstić information content (AvgIpc) is 2.98. The van der Waals surface area contributed by atoms with Crippen LogP contribution in [0.5, 0.6) is 5.75 Å². The first-order valence-electron chi connectivity index (χ1n) is 6.66. The van der Waals surface area contributed by atoms with Gasteiger partial charge in [-0.25, -0.2) is 4.39 Å². The minimum atomic E-state index is -0.404. The first-order valence-corrected chi connectivity index (χ1v) is 6.66. The SMILES string of the molecule is COc1cc(-c2noc(C3CCNCC3)n2)ccc1F. The summed E-state index contributed by atoms with van der Waals surface area (Å²) in [4.78, 5) is 4.43. The van der Waals surface area contributed by atoms with Gasteiger partial charge in [-0.2, -0.15) is 4.98 Å². The van der Waals surface area contributed by atoms with Crippen LogP contribution in [0.1, 0.15) is 24.7 Å². The van der Waals surface area contributed by atoms with Gasteiger partial charge in [0.1, 0.15) is 0 Å². The van der Waals surface area contributed by atoms with Crippen LogP contribution in [0, 0.1) is 5.82 Å². The second kappa shape index (κ2) is 5.58. The summed E-state index contributed by atoms with van der Waals surface area (Å²) in [6, 6.07) is 4.54. The summed E-state index contributed by atoms with van der Waals surface area (Å²) in [5.74, 6) is 1.20. The maximum absolute atomic E-state index is 13.4. The minimum absolute atomic E-state index is 0.177. The summed E-state index contributed by atoms with van der Waals surface area (Å²) in [6.45, 7) is 1.93. The fourth-order valence-electron chi connectivity index (χ4n) is 2.39. The third kappa shape index (κ3) is 2.51. The van der Waals surface area contributed by atoms with Crippen molar-refractivity contribution in [2.24, 2.45) is 0 Å². The van der Waals surface area contributed by atoms with Crippen molar-refractivity contribution in [3.63, 3.8) is 0 Å². The second-order valence-electron chi connectivity index (χ2n) is 4.83. The number of hydrogen-bond acceptors (Lipinski definition) is 5. The molecule has 0 radical (unpaired) electrons. The lowest BCUT2D eigenvalue weighted by molar-refractivity contribution is 0.320. The van der Waals surface area contributed by atoms with Crippen LogP contribution in [-0.4, -0.2) is 30.3 Å². The highest BCUT2D eigenvalue weighted by atomic mass is 19.1. The molecule has 1 aromatic carbocycles. The Hall–Kier alpha value is -1.95. The summed E-state index contributed by atoms with van der Waals surface area (Å²) >= 11 is 0. The molecule has 0 aliphatic carbocycles. The summed E-state index contributed by atoms with van der Waals surface area (Å²) in [7, 11) is 1.43. The number of rotatable bonds is 3. The predicted octanol–water partition coefficient (Wildman–Crippen LogP) is 2.35. The molecular formula is C14H16FN3O2. The van der Waals surface area contributed by atoms with Gasteiger partial charge >= 0.3 is 0 Å². The van der Waals surface area contributed by atoms with Gasteiger partial charge < -0.3 is 14.6 Å². The molecule has 1 fully saturated rings. The molecule has 0 bridgehead atoms. The Morgan fingerprint density at radius 3 is 2.90 bits per heavy atom. The Balaban J connectivity index is 1.85. The van der Waals surface area contributed by atoms with E-state index < -0.39 is 5.82 Å². The third-order valence-corrected chi connectivity index (χ3v) is 3.54. The highest BCUT2D eigenvalue weighted by Gasteiger charge is 2.22. The number of hydrogen-bond donors (Lipinski definition) is 1. The molecule has 0 saturated carbocycles. The van der Waals surface area contributed by atoms with Gasteiger partial charge in [-0.15, -0.1) is 0 Å². The van der Waals surface area contributed by atoms with E-state index >= 15 is 0 Å². The van der Waals surface area contributed by atoms with Crippen molar-refractivity contribution in [2.75, 3.05) is 20.2 Å². The van der Waals surface area contributed by atoms with E-state index in [1.165, 1.54) is 13.2 Å². The van der Waals surface area contributed by atoms with Crippen LogP contribution in [0.2, 0.25) is 0 Å². The monoisotopic (exact) mass is 277 g/mol.